The second kappa shape index (κ2) is 5.99. The van der Waals surface area contributed by atoms with E-state index < -0.39 is 23.3 Å². The highest BCUT2D eigenvalue weighted by atomic mass is 19.1. The number of carbonyl (C=O) groups is 2. The van der Waals surface area contributed by atoms with Gasteiger partial charge in [-0.3, -0.25) is 9.69 Å². The topological polar surface area (TPSA) is 93.0 Å². The molecule has 0 radical (unpaired) electrons. The Kier molecular flexibility index (Phi) is 4.00. The number of nitrogens with one attached hydrogen (secondary N) is 1. The van der Waals surface area contributed by atoms with Gasteiger partial charge in [-0.1, -0.05) is 19.1 Å². The minimum atomic E-state index is -1.24. The number of urea groups is 1. The highest BCUT2D eigenvalue weighted by molar-refractivity contribution is 6.07. The van der Waals surface area contributed by atoms with Crippen molar-refractivity contribution < 1.29 is 14.0 Å². The van der Waals surface area contributed by atoms with Gasteiger partial charge in [0.1, 0.15) is 11.4 Å². The molecule has 1 fully saturated rings. The lowest BCUT2D eigenvalue weighted by Gasteiger charge is -2.22. The van der Waals surface area contributed by atoms with Gasteiger partial charge in [0.05, 0.1) is 6.54 Å². The largest absolute Gasteiger partial charge is 0.325 e. The van der Waals surface area contributed by atoms with Crippen LogP contribution in [0.5, 0.6) is 0 Å². The predicted octanol–water partition coefficient (Wildman–Crippen LogP) is 1.19. The Morgan fingerprint density at radius 3 is 2.62 bits per heavy atom. The zero-order chi connectivity index (χ0) is 17.3. The summed E-state index contributed by atoms with van der Waals surface area (Å²) in [6.45, 7) is 4.15. The van der Waals surface area contributed by atoms with Gasteiger partial charge >= 0.3 is 6.03 Å². The molecule has 2 heterocycles. The molecular weight excluding hydrogens is 315 g/mol. The molecular formula is C15H17FN6O2. The summed E-state index contributed by atoms with van der Waals surface area (Å²) >= 11 is 0. The Balaban J connectivity index is 1.86. The molecule has 9 heteroatoms. The third kappa shape index (κ3) is 2.61. The fourth-order valence-corrected chi connectivity index (χ4v) is 2.68. The van der Waals surface area contributed by atoms with E-state index in [0.717, 1.165) is 11.3 Å². The van der Waals surface area contributed by atoms with Gasteiger partial charge in [0.25, 0.3) is 5.91 Å². The quantitative estimate of drug-likeness (QED) is 0.830. The predicted molar refractivity (Wildman–Crippen MR) is 80.9 cm³/mol. The standard InChI is InChI=1S/C15H17FN6O2/c1-3-8-22-12(18-19-20-22)9-21-13(23)15(2,17-14(21)24)10-4-6-11(16)7-5-10/h4-7H,3,8-9H2,1-2H3,(H,17,24)/t15-/m1/s1. The van der Waals surface area contributed by atoms with Crippen LogP contribution in [0.4, 0.5) is 9.18 Å². The Hall–Kier alpha value is -2.84. The molecule has 1 aromatic carbocycles. The Bertz CT molecular complexity index is 775. The van der Waals surface area contributed by atoms with Crippen molar-refractivity contribution in [1.29, 1.82) is 0 Å². The first-order valence-corrected chi connectivity index (χ1v) is 7.61. The van der Waals surface area contributed by atoms with Gasteiger partial charge in [0.2, 0.25) is 0 Å². The molecule has 8 nitrogen and oxygen atoms in total. The van der Waals surface area contributed by atoms with E-state index in [2.05, 4.69) is 20.8 Å². The fourth-order valence-electron chi connectivity index (χ4n) is 2.68. The lowest BCUT2D eigenvalue weighted by Crippen LogP contribution is -2.40. The van der Waals surface area contributed by atoms with E-state index in [-0.39, 0.29) is 6.54 Å². The molecule has 1 N–H and O–H groups in total. The first kappa shape index (κ1) is 16.0. The maximum absolute atomic E-state index is 13.1. The summed E-state index contributed by atoms with van der Waals surface area (Å²) < 4.78 is 14.7. The van der Waals surface area contributed by atoms with Crippen molar-refractivity contribution in [2.75, 3.05) is 0 Å². The van der Waals surface area contributed by atoms with Crippen molar-refractivity contribution in [1.82, 2.24) is 30.4 Å². The van der Waals surface area contributed by atoms with Crippen molar-refractivity contribution >= 4 is 11.9 Å². The van der Waals surface area contributed by atoms with Crippen LogP contribution >= 0.6 is 0 Å². The SMILES string of the molecule is CCCn1nnnc1CN1C(=O)N[C@](C)(c2ccc(F)cc2)C1=O. The van der Waals surface area contributed by atoms with Gasteiger partial charge in [-0.05, 0) is 41.5 Å². The van der Waals surface area contributed by atoms with Gasteiger partial charge in [-0.25, -0.2) is 13.9 Å². The second-order valence-corrected chi connectivity index (χ2v) is 5.77. The lowest BCUT2D eigenvalue weighted by molar-refractivity contribution is -0.131. The molecule has 126 valence electrons. The van der Waals surface area contributed by atoms with E-state index in [1.807, 2.05) is 6.92 Å². The molecule has 0 saturated carbocycles. The average Bonchev–Trinajstić information content (AvgIpc) is 3.07. The molecule has 0 bridgehead atoms. The summed E-state index contributed by atoms with van der Waals surface area (Å²) in [5.74, 6) is -0.399. The fraction of sp³-hybridized carbons (Fsp3) is 0.400. The van der Waals surface area contributed by atoms with Gasteiger partial charge < -0.3 is 5.32 Å². The Labute approximate surface area is 137 Å². The first-order chi connectivity index (χ1) is 11.5. The molecule has 3 amide bonds. The maximum Gasteiger partial charge on any atom is 0.325 e. The van der Waals surface area contributed by atoms with Crippen LogP contribution in [-0.4, -0.2) is 37.0 Å². The van der Waals surface area contributed by atoms with Crippen LogP contribution in [0.25, 0.3) is 0 Å². The maximum atomic E-state index is 13.1. The van der Waals surface area contributed by atoms with Gasteiger partial charge in [0.15, 0.2) is 5.82 Å². The van der Waals surface area contributed by atoms with E-state index in [1.54, 1.807) is 11.6 Å². The van der Waals surface area contributed by atoms with E-state index in [9.17, 15) is 14.0 Å². The van der Waals surface area contributed by atoms with Crippen LogP contribution in [0.15, 0.2) is 24.3 Å². The molecule has 1 saturated heterocycles. The molecule has 1 aliphatic heterocycles. The zero-order valence-electron chi connectivity index (χ0n) is 13.4. The number of tetrazole rings is 1. The van der Waals surface area contributed by atoms with Crippen LogP contribution in [0, 0.1) is 5.82 Å². The van der Waals surface area contributed by atoms with Gasteiger partial charge in [-0.15, -0.1) is 5.10 Å². The number of rotatable bonds is 5. The number of nitrogens with zero attached hydrogens (tertiary/aromatic N) is 5. The molecule has 2 aromatic rings. The van der Waals surface area contributed by atoms with Crippen molar-refractivity contribution in [2.24, 2.45) is 0 Å². The van der Waals surface area contributed by atoms with E-state index in [4.69, 9.17) is 0 Å². The van der Waals surface area contributed by atoms with Crippen LogP contribution < -0.4 is 5.32 Å². The summed E-state index contributed by atoms with van der Waals surface area (Å²) in [7, 11) is 0. The van der Waals surface area contributed by atoms with Crippen molar-refractivity contribution in [3.05, 3.63) is 41.5 Å². The molecule has 24 heavy (non-hydrogen) atoms. The van der Waals surface area contributed by atoms with Crippen LogP contribution in [-0.2, 0) is 23.4 Å². The first-order valence-electron chi connectivity index (χ1n) is 7.61. The van der Waals surface area contributed by atoms with Crippen LogP contribution in [0.3, 0.4) is 0 Å². The van der Waals surface area contributed by atoms with E-state index in [1.165, 1.54) is 24.3 Å². The van der Waals surface area contributed by atoms with Crippen molar-refractivity contribution in [3.63, 3.8) is 0 Å². The van der Waals surface area contributed by atoms with Crippen molar-refractivity contribution in [2.45, 2.75) is 38.9 Å². The number of aryl methyl sites for hydroxylation is 1. The third-order valence-electron chi connectivity index (χ3n) is 4.04. The molecule has 3 rings (SSSR count). The molecule has 0 unspecified atom stereocenters. The second-order valence-electron chi connectivity index (χ2n) is 5.77. The number of imide groups is 1. The summed E-state index contributed by atoms with van der Waals surface area (Å²) in [6.07, 6.45) is 0.825. The molecule has 0 aliphatic carbocycles. The Morgan fingerprint density at radius 1 is 1.25 bits per heavy atom. The van der Waals surface area contributed by atoms with E-state index in [0.29, 0.717) is 17.9 Å². The summed E-state index contributed by atoms with van der Waals surface area (Å²) in [6, 6.07) is 4.95. The number of aromatic nitrogens is 4. The lowest BCUT2D eigenvalue weighted by atomic mass is 9.92. The number of amides is 3. The number of benzene rings is 1. The normalized spacial score (nSPS) is 20.5. The summed E-state index contributed by atoms with van der Waals surface area (Å²) in [4.78, 5) is 26.1. The average molecular weight is 332 g/mol. The number of hydrogen-bond donors (Lipinski definition) is 1. The molecule has 0 spiro atoms. The summed E-state index contributed by atoms with van der Waals surface area (Å²) in [5.41, 5.74) is -0.730. The zero-order valence-corrected chi connectivity index (χ0v) is 13.4. The smallest absolute Gasteiger partial charge is 0.319 e. The van der Waals surface area contributed by atoms with E-state index >= 15 is 0 Å². The monoisotopic (exact) mass is 332 g/mol. The minimum absolute atomic E-state index is 0.0194. The molecule has 1 aliphatic rings. The van der Waals surface area contributed by atoms with Crippen molar-refractivity contribution in [3.8, 4) is 0 Å². The highest BCUT2D eigenvalue weighted by Gasteiger charge is 2.49. The highest BCUT2D eigenvalue weighted by Crippen LogP contribution is 2.29. The molecule has 1 aromatic heterocycles. The Morgan fingerprint density at radius 2 is 1.96 bits per heavy atom. The van der Waals surface area contributed by atoms with Gasteiger partial charge in [0, 0.05) is 6.54 Å². The summed E-state index contributed by atoms with van der Waals surface area (Å²) in [5, 5.41) is 14.0. The number of halogens is 1. The minimum Gasteiger partial charge on any atom is -0.319 e. The van der Waals surface area contributed by atoms with Crippen LogP contribution in [0.1, 0.15) is 31.7 Å². The van der Waals surface area contributed by atoms with Gasteiger partial charge in [-0.2, -0.15) is 0 Å². The number of hydrogen-bond acceptors (Lipinski definition) is 5. The third-order valence-corrected chi connectivity index (χ3v) is 4.04. The number of carbonyl (C=O) groups excluding carboxylic acids is 2. The molecule has 1 atom stereocenters. The van der Waals surface area contributed by atoms with Crippen LogP contribution in [0.2, 0.25) is 0 Å².